The van der Waals surface area contributed by atoms with Crippen molar-refractivity contribution >= 4 is 11.7 Å². The number of fused-ring (bicyclic) bond motifs is 1. The molecule has 0 aliphatic carbocycles. The first kappa shape index (κ1) is 13.7. The molecule has 0 unspecified atom stereocenters. The van der Waals surface area contributed by atoms with Gasteiger partial charge in [-0.1, -0.05) is 0 Å². The zero-order valence-corrected chi connectivity index (χ0v) is 12.3. The Bertz CT molecular complexity index is 676. The maximum absolute atomic E-state index is 11.0. The van der Waals surface area contributed by atoms with Crippen molar-refractivity contribution in [1.29, 1.82) is 0 Å². The van der Waals surface area contributed by atoms with Crippen LogP contribution in [0.4, 0.5) is 5.69 Å². The highest BCUT2D eigenvalue weighted by atomic mass is 16.4. The number of carboxylic acid groups (broad SMARTS) is 1. The molecule has 21 heavy (non-hydrogen) atoms. The van der Waals surface area contributed by atoms with Gasteiger partial charge in [0.1, 0.15) is 0 Å². The summed E-state index contributed by atoms with van der Waals surface area (Å²) < 4.78 is 1.96. The van der Waals surface area contributed by atoms with Crippen molar-refractivity contribution in [2.24, 2.45) is 0 Å². The molecule has 0 saturated heterocycles. The number of hydrogen-bond acceptors (Lipinski definition) is 3. The summed E-state index contributed by atoms with van der Waals surface area (Å²) in [6.45, 7) is 5.89. The third-order valence-electron chi connectivity index (χ3n) is 3.86. The van der Waals surface area contributed by atoms with Crippen molar-refractivity contribution in [2.45, 2.75) is 32.9 Å². The van der Waals surface area contributed by atoms with Gasteiger partial charge in [-0.05, 0) is 50.1 Å². The monoisotopic (exact) mass is 285 g/mol. The summed E-state index contributed by atoms with van der Waals surface area (Å²) in [4.78, 5) is 13.3. The molecule has 0 radical (unpaired) electrons. The van der Waals surface area contributed by atoms with Gasteiger partial charge in [-0.2, -0.15) is 5.10 Å². The van der Waals surface area contributed by atoms with E-state index < -0.39 is 5.97 Å². The SMILES string of the molecule is CC(C)n1ccc(CN2CCc3cc(C(=O)O)ccc32)n1. The van der Waals surface area contributed by atoms with E-state index in [1.165, 1.54) is 0 Å². The van der Waals surface area contributed by atoms with Crippen LogP contribution in [0.3, 0.4) is 0 Å². The first-order valence-electron chi connectivity index (χ1n) is 7.20. The lowest BCUT2D eigenvalue weighted by atomic mass is 10.1. The average Bonchev–Trinajstić information content (AvgIpc) is 3.06. The van der Waals surface area contributed by atoms with Crippen LogP contribution >= 0.6 is 0 Å². The van der Waals surface area contributed by atoms with E-state index in [4.69, 9.17) is 5.11 Å². The molecule has 0 fully saturated rings. The molecule has 3 rings (SSSR count). The van der Waals surface area contributed by atoms with Gasteiger partial charge in [0.25, 0.3) is 0 Å². The number of nitrogens with zero attached hydrogens (tertiary/aromatic N) is 3. The first-order chi connectivity index (χ1) is 10.0. The number of aromatic nitrogens is 2. The summed E-state index contributed by atoms with van der Waals surface area (Å²) in [6, 6.07) is 7.77. The molecule has 2 aromatic rings. The van der Waals surface area contributed by atoms with E-state index in [2.05, 4.69) is 23.8 Å². The molecule has 110 valence electrons. The molecule has 0 saturated carbocycles. The van der Waals surface area contributed by atoms with Crippen molar-refractivity contribution in [3.05, 3.63) is 47.3 Å². The van der Waals surface area contributed by atoms with E-state index >= 15 is 0 Å². The van der Waals surface area contributed by atoms with Crippen molar-refractivity contribution in [2.75, 3.05) is 11.4 Å². The fraction of sp³-hybridized carbons (Fsp3) is 0.375. The largest absolute Gasteiger partial charge is 0.478 e. The smallest absolute Gasteiger partial charge is 0.335 e. The molecular weight excluding hydrogens is 266 g/mol. The predicted octanol–water partition coefficient (Wildman–Crippen LogP) is 2.72. The van der Waals surface area contributed by atoms with E-state index in [-0.39, 0.29) is 0 Å². The number of carboxylic acids is 1. The fourth-order valence-electron chi connectivity index (χ4n) is 2.71. The van der Waals surface area contributed by atoms with Crippen LogP contribution in [-0.2, 0) is 13.0 Å². The minimum atomic E-state index is -0.869. The van der Waals surface area contributed by atoms with Gasteiger partial charge in [0.2, 0.25) is 0 Å². The molecule has 1 aromatic carbocycles. The number of aromatic carboxylic acids is 1. The second kappa shape index (κ2) is 5.24. The van der Waals surface area contributed by atoms with Crippen LogP contribution in [0, 0.1) is 0 Å². The Labute approximate surface area is 123 Å². The van der Waals surface area contributed by atoms with E-state index in [1.54, 1.807) is 12.1 Å². The first-order valence-corrected chi connectivity index (χ1v) is 7.20. The van der Waals surface area contributed by atoms with Crippen molar-refractivity contribution in [3.63, 3.8) is 0 Å². The summed E-state index contributed by atoms with van der Waals surface area (Å²) >= 11 is 0. The van der Waals surface area contributed by atoms with Crippen LogP contribution in [0.5, 0.6) is 0 Å². The normalized spacial score (nSPS) is 13.8. The van der Waals surface area contributed by atoms with Crippen LogP contribution in [0.25, 0.3) is 0 Å². The van der Waals surface area contributed by atoms with E-state index in [9.17, 15) is 4.79 Å². The molecule has 5 nitrogen and oxygen atoms in total. The van der Waals surface area contributed by atoms with Crippen LogP contribution in [0.15, 0.2) is 30.5 Å². The summed E-state index contributed by atoms with van der Waals surface area (Å²) in [5.74, 6) is -0.869. The zero-order chi connectivity index (χ0) is 15.0. The lowest BCUT2D eigenvalue weighted by molar-refractivity contribution is 0.0697. The number of carbonyl (C=O) groups is 1. The standard InChI is InChI=1S/C16H19N3O2/c1-11(2)19-8-6-14(17-19)10-18-7-5-12-9-13(16(20)21)3-4-15(12)18/h3-4,6,8-9,11H,5,7,10H2,1-2H3,(H,20,21). The third kappa shape index (κ3) is 2.63. The predicted molar refractivity (Wildman–Crippen MR) is 80.8 cm³/mol. The lowest BCUT2D eigenvalue weighted by Gasteiger charge is -2.18. The average molecular weight is 285 g/mol. The Morgan fingerprint density at radius 1 is 1.38 bits per heavy atom. The lowest BCUT2D eigenvalue weighted by Crippen LogP contribution is -2.20. The van der Waals surface area contributed by atoms with Gasteiger partial charge in [0.15, 0.2) is 0 Å². The molecule has 1 aliphatic rings. The maximum atomic E-state index is 11.0. The summed E-state index contributed by atoms with van der Waals surface area (Å²) in [5.41, 5.74) is 3.64. The van der Waals surface area contributed by atoms with E-state index in [0.717, 1.165) is 36.5 Å². The van der Waals surface area contributed by atoms with Gasteiger partial charge in [-0.3, -0.25) is 4.68 Å². The highest BCUT2D eigenvalue weighted by Gasteiger charge is 2.21. The molecule has 1 aliphatic heterocycles. The molecule has 5 heteroatoms. The second-order valence-corrected chi connectivity index (χ2v) is 5.70. The van der Waals surface area contributed by atoms with Gasteiger partial charge in [0.05, 0.1) is 17.8 Å². The van der Waals surface area contributed by atoms with Crippen LogP contribution < -0.4 is 4.90 Å². The third-order valence-corrected chi connectivity index (χ3v) is 3.86. The molecule has 2 heterocycles. The Hall–Kier alpha value is -2.30. The molecule has 1 aromatic heterocycles. The Kier molecular flexibility index (Phi) is 3.41. The minimum absolute atomic E-state index is 0.361. The van der Waals surface area contributed by atoms with Crippen molar-refractivity contribution in [1.82, 2.24) is 9.78 Å². The van der Waals surface area contributed by atoms with Crippen molar-refractivity contribution < 1.29 is 9.90 Å². The van der Waals surface area contributed by atoms with Gasteiger partial charge in [-0.25, -0.2) is 4.79 Å². The highest BCUT2D eigenvalue weighted by molar-refractivity contribution is 5.88. The summed E-state index contributed by atoms with van der Waals surface area (Å²) in [7, 11) is 0. The zero-order valence-electron chi connectivity index (χ0n) is 12.3. The molecule has 0 bridgehead atoms. The number of hydrogen-bond donors (Lipinski definition) is 1. The van der Waals surface area contributed by atoms with Crippen molar-refractivity contribution in [3.8, 4) is 0 Å². The van der Waals surface area contributed by atoms with Crippen LogP contribution in [0.2, 0.25) is 0 Å². The van der Waals surface area contributed by atoms with Gasteiger partial charge in [-0.15, -0.1) is 0 Å². The number of anilines is 1. The minimum Gasteiger partial charge on any atom is -0.478 e. The molecule has 0 spiro atoms. The second-order valence-electron chi connectivity index (χ2n) is 5.70. The summed E-state index contributed by atoms with van der Waals surface area (Å²) in [6.07, 6.45) is 2.89. The fourth-order valence-corrected chi connectivity index (χ4v) is 2.71. The number of benzene rings is 1. The van der Waals surface area contributed by atoms with E-state index in [1.807, 2.05) is 23.0 Å². The Morgan fingerprint density at radius 2 is 2.19 bits per heavy atom. The topological polar surface area (TPSA) is 58.4 Å². The summed E-state index contributed by atoms with van der Waals surface area (Å²) in [5, 5.41) is 13.6. The van der Waals surface area contributed by atoms with Gasteiger partial charge >= 0.3 is 5.97 Å². The quantitative estimate of drug-likeness (QED) is 0.938. The van der Waals surface area contributed by atoms with E-state index in [0.29, 0.717) is 11.6 Å². The van der Waals surface area contributed by atoms with Crippen LogP contribution in [-0.4, -0.2) is 27.4 Å². The molecular formula is C16H19N3O2. The molecule has 0 atom stereocenters. The molecule has 0 amide bonds. The van der Waals surface area contributed by atoms with Gasteiger partial charge in [0, 0.05) is 24.5 Å². The number of rotatable bonds is 4. The highest BCUT2D eigenvalue weighted by Crippen LogP contribution is 2.30. The van der Waals surface area contributed by atoms with Gasteiger partial charge < -0.3 is 10.0 Å². The Morgan fingerprint density at radius 3 is 2.86 bits per heavy atom. The Balaban J connectivity index is 1.79. The molecule has 1 N–H and O–H groups in total. The maximum Gasteiger partial charge on any atom is 0.335 e. The van der Waals surface area contributed by atoms with Crippen LogP contribution in [0.1, 0.15) is 41.5 Å².